The highest BCUT2D eigenvalue weighted by atomic mass is 16.5. The second kappa shape index (κ2) is 8.16. The number of nitrogens with one attached hydrogen (secondary N) is 2. The molecule has 1 aliphatic heterocycles. The van der Waals surface area contributed by atoms with Crippen LogP contribution in [0.2, 0.25) is 0 Å². The van der Waals surface area contributed by atoms with Gasteiger partial charge in [0.1, 0.15) is 38.5 Å². The van der Waals surface area contributed by atoms with Gasteiger partial charge >= 0.3 is 0 Å². The van der Waals surface area contributed by atoms with E-state index in [0.29, 0.717) is 0 Å². The monoisotopic (exact) mass is 318 g/mol. The quantitative estimate of drug-likeness (QED) is 0.827. The Morgan fingerprint density at radius 3 is 2.43 bits per heavy atom. The second-order valence-corrected chi connectivity index (χ2v) is 7.63. The fourth-order valence-electron chi connectivity index (χ4n) is 4.47. The average Bonchev–Trinajstić information content (AvgIpc) is 2.58. The Balaban J connectivity index is 1.45. The summed E-state index contributed by atoms with van der Waals surface area (Å²) in [6, 6.07) is 9.65. The van der Waals surface area contributed by atoms with E-state index in [1.54, 1.807) is 4.90 Å². The van der Waals surface area contributed by atoms with Crippen LogP contribution in [0.4, 0.5) is 0 Å². The molecule has 1 aliphatic carbocycles. The van der Waals surface area contributed by atoms with Gasteiger partial charge in [-0.15, -0.1) is 0 Å². The van der Waals surface area contributed by atoms with E-state index in [2.05, 4.69) is 31.2 Å². The van der Waals surface area contributed by atoms with Crippen LogP contribution in [0.3, 0.4) is 0 Å². The molecule has 2 atom stereocenters. The number of rotatable bonds is 5. The van der Waals surface area contributed by atoms with Crippen molar-refractivity contribution in [3.8, 4) is 5.75 Å². The molecule has 2 N–H and O–H groups in total. The van der Waals surface area contributed by atoms with Gasteiger partial charge in [0.15, 0.2) is 0 Å². The molecule has 3 nitrogen and oxygen atoms in total. The Kier molecular flexibility index (Phi) is 5.96. The van der Waals surface area contributed by atoms with Gasteiger partial charge in [0.05, 0.1) is 12.6 Å². The molecule has 0 spiro atoms. The number of benzene rings is 1. The minimum absolute atomic E-state index is 0.745. The predicted molar refractivity (Wildman–Crippen MR) is 94.1 cm³/mol. The van der Waals surface area contributed by atoms with Crippen molar-refractivity contribution in [2.45, 2.75) is 52.1 Å². The fourth-order valence-corrected chi connectivity index (χ4v) is 4.47. The van der Waals surface area contributed by atoms with Crippen molar-refractivity contribution in [2.24, 2.45) is 5.92 Å². The van der Waals surface area contributed by atoms with E-state index in [0.717, 1.165) is 24.3 Å². The third-order valence-corrected chi connectivity index (χ3v) is 5.80. The summed E-state index contributed by atoms with van der Waals surface area (Å²) in [6.07, 6.45) is 5.84. The largest absolute Gasteiger partial charge is 0.494 e. The van der Waals surface area contributed by atoms with Crippen LogP contribution in [0.15, 0.2) is 24.3 Å². The lowest BCUT2D eigenvalue weighted by Crippen LogP contribution is -3.29. The zero-order chi connectivity index (χ0) is 16.1. The first kappa shape index (κ1) is 16.8. The third-order valence-electron chi connectivity index (χ3n) is 5.80. The maximum atomic E-state index is 5.53. The molecule has 1 heterocycles. The summed E-state index contributed by atoms with van der Waals surface area (Å²) in [5, 5.41) is 0. The summed E-state index contributed by atoms with van der Waals surface area (Å²) in [5.41, 5.74) is 1.44. The van der Waals surface area contributed by atoms with E-state index >= 15 is 0 Å². The number of quaternary nitrogens is 2. The SMILES string of the molecule is CCOc1ccc(C[NH+]2CC[NH+]([C@H]3CCC[C@@H](C)C3)CC2)cc1. The van der Waals surface area contributed by atoms with Crippen LogP contribution in [0.1, 0.15) is 45.1 Å². The van der Waals surface area contributed by atoms with Gasteiger partial charge in [-0.05, 0) is 49.9 Å². The van der Waals surface area contributed by atoms with Gasteiger partial charge in [0.2, 0.25) is 0 Å². The van der Waals surface area contributed by atoms with Crippen molar-refractivity contribution >= 4 is 0 Å². The molecule has 1 aromatic carbocycles. The first-order chi connectivity index (χ1) is 11.2. The van der Waals surface area contributed by atoms with Crippen LogP contribution < -0.4 is 14.5 Å². The number of hydrogen-bond acceptors (Lipinski definition) is 1. The van der Waals surface area contributed by atoms with E-state index in [4.69, 9.17) is 4.74 Å². The van der Waals surface area contributed by atoms with Crippen molar-refractivity contribution in [1.29, 1.82) is 0 Å². The van der Waals surface area contributed by atoms with E-state index in [-0.39, 0.29) is 0 Å². The molecule has 0 amide bonds. The fraction of sp³-hybridized carbons (Fsp3) is 0.700. The Morgan fingerprint density at radius 1 is 1.04 bits per heavy atom. The van der Waals surface area contributed by atoms with Crippen molar-refractivity contribution in [2.75, 3.05) is 32.8 Å². The van der Waals surface area contributed by atoms with Crippen LogP contribution in [-0.2, 0) is 6.54 Å². The molecular weight excluding hydrogens is 284 g/mol. The molecule has 2 aliphatic rings. The normalized spacial score (nSPS) is 31.7. The highest BCUT2D eigenvalue weighted by Crippen LogP contribution is 2.21. The molecule has 3 rings (SSSR count). The van der Waals surface area contributed by atoms with Gasteiger partial charge in [0, 0.05) is 12.0 Å². The van der Waals surface area contributed by atoms with Crippen molar-refractivity contribution in [1.82, 2.24) is 0 Å². The summed E-state index contributed by atoms with van der Waals surface area (Å²) in [4.78, 5) is 3.65. The zero-order valence-corrected chi connectivity index (χ0v) is 14.9. The smallest absolute Gasteiger partial charge is 0.127 e. The summed E-state index contributed by atoms with van der Waals surface area (Å²) >= 11 is 0. The Labute approximate surface area is 141 Å². The van der Waals surface area contributed by atoms with E-state index < -0.39 is 0 Å². The molecule has 128 valence electrons. The van der Waals surface area contributed by atoms with E-state index in [9.17, 15) is 0 Å². The average molecular weight is 319 g/mol. The van der Waals surface area contributed by atoms with Gasteiger partial charge < -0.3 is 14.5 Å². The van der Waals surface area contributed by atoms with E-state index in [1.165, 1.54) is 64.0 Å². The van der Waals surface area contributed by atoms with Crippen LogP contribution >= 0.6 is 0 Å². The lowest BCUT2D eigenvalue weighted by atomic mass is 9.86. The first-order valence-corrected chi connectivity index (χ1v) is 9.64. The summed E-state index contributed by atoms with van der Waals surface area (Å²) in [5.74, 6) is 1.95. The molecule has 1 saturated heterocycles. The van der Waals surface area contributed by atoms with Crippen LogP contribution in [0, 0.1) is 5.92 Å². The highest BCUT2D eigenvalue weighted by molar-refractivity contribution is 5.26. The Bertz CT molecular complexity index is 465. The summed E-state index contributed by atoms with van der Waals surface area (Å²) in [7, 11) is 0. The number of piperazine rings is 1. The molecule has 0 aromatic heterocycles. The maximum absolute atomic E-state index is 5.53. The van der Waals surface area contributed by atoms with Crippen molar-refractivity contribution < 1.29 is 14.5 Å². The van der Waals surface area contributed by atoms with Crippen molar-refractivity contribution in [3.05, 3.63) is 29.8 Å². The van der Waals surface area contributed by atoms with Gasteiger partial charge in [-0.3, -0.25) is 0 Å². The van der Waals surface area contributed by atoms with Gasteiger partial charge in [-0.2, -0.15) is 0 Å². The predicted octanol–water partition coefficient (Wildman–Crippen LogP) is 0.947. The molecule has 23 heavy (non-hydrogen) atoms. The van der Waals surface area contributed by atoms with Gasteiger partial charge in [0.25, 0.3) is 0 Å². The van der Waals surface area contributed by atoms with Crippen molar-refractivity contribution in [3.63, 3.8) is 0 Å². The molecule has 1 aromatic rings. The number of ether oxygens (including phenoxy) is 1. The summed E-state index contributed by atoms with van der Waals surface area (Å²) < 4.78 is 5.53. The number of hydrogen-bond donors (Lipinski definition) is 2. The lowest BCUT2D eigenvalue weighted by Gasteiger charge is -2.37. The molecular formula is C20H34N2O+2. The van der Waals surface area contributed by atoms with Gasteiger partial charge in [-0.1, -0.05) is 13.3 Å². The topological polar surface area (TPSA) is 18.1 Å². The zero-order valence-electron chi connectivity index (χ0n) is 14.9. The molecule has 3 heteroatoms. The summed E-state index contributed by atoms with van der Waals surface area (Å²) in [6.45, 7) is 11.8. The standard InChI is InChI=1S/C20H32N2O/c1-3-23-20-9-7-18(8-10-20)16-21-11-13-22(14-12-21)19-6-4-5-17(2)15-19/h7-10,17,19H,3-6,11-16H2,1-2H3/p+2/t17-,19+/m1/s1. The first-order valence-electron chi connectivity index (χ1n) is 9.64. The molecule has 0 radical (unpaired) electrons. The van der Waals surface area contributed by atoms with Crippen LogP contribution in [0.5, 0.6) is 5.75 Å². The molecule has 2 fully saturated rings. The van der Waals surface area contributed by atoms with Crippen LogP contribution in [-0.4, -0.2) is 38.8 Å². The Hall–Kier alpha value is -1.06. The molecule has 1 saturated carbocycles. The minimum Gasteiger partial charge on any atom is -0.494 e. The lowest BCUT2D eigenvalue weighted by molar-refractivity contribution is -1.03. The Morgan fingerprint density at radius 2 is 1.78 bits per heavy atom. The van der Waals surface area contributed by atoms with E-state index in [1.807, 2.05) is 11.8 Å². The maximum Gasteiger partial charge on any atom is 0.127 e. The van der Waals surface area contributed by atoms with Gasteiger partial charge in [-0.25, -0.2) is 0 Å². The molecule has 0 unspecified atom stereocenters. The highest BCUT2D eigenvalue weighted by Gasteiger charge is 2.32. The third kappa shape index (κ3) is 4.71. The molecule has 0 bridgehead atoms. The minimum atomic E-state index is 0.745. The van der Waals surface area contributed by atoms with Crippen LogP contribution in [0.25, 0.3) is 0 Å². The second-order valence-electron chi connectivity index (χ2n) is 7.63.